The second-order valence-corrected chi connectivity index (χ2v) is 4.36. The van der Waals surface area contributed by atoms with Crippen LogP contribution in [0.1, 0.15) is 16.8 Å². The molecule has 0 radical (unpaired) electrons. The van der Waals surface area contributed by atoms with Crippen molar-refractivity contribution in [3.8, 4) is 0 Å². The van der Waals surface area contributed by atoms with Crippen LogP contribution >= 0.6 is 11.6 Å². The Balaban J connectivity index is 2.21. The lowest BCUT2D eigenvalue weighted by Crippen LogP contribution is -2.04. The summed E-state index contributed by atoms with van der Waals surface area (Å²) in [5, 5.41) is 5.03. The van der Waals surface area contributed by atoms with Gasteiger partial charge in [-0.2, -0.15) is 5.10 Å². The van der Waals surface area contributed by atoms with Gasteiger partial charge in [0.05, 0.1) is 18.8 Å². The third-order valence-electron chi connectivity index (χ3n) is 2.66. The quantitative estimate of drug-likeness (QED) is 0.834. The summed E-state index contributed by atoms with van der Waals surface area (Å²) >= 11 is 6.13. The number of methoxy groups -OCH3 is 1. The molecule has 0 atom stereocenters. The molecule has 1 heterocycles. The number of nitrogens with zero attached hydrogens (tertiary/aromatic N) is 2. The first-order valence-electron chi connectivity index (χ1n) is 5.46. The van der Waals surface area contributed by atoms with E-state index in [0.717, 1.165) is 5.69 Å². The molecule has 1 aromatic carbocycles. The zero-order valence-electron chi connectivity index (χ0n) is 9.98. The normalized spacial score (nSPS) is 10.8. The molecule has 0 saturated heterocycles. The summed E-state index contributed by atoms with van der Waals surface area (Å²) in [6, 6.07) is 10.1. The molecule has 0 N–H and O–H groups in total. The maximum atomic E-state index is 6.13. The molecular formula is C13H15ClN2O. The van der Waals surface area contributed by atoms with E-state index in [4.69, 9.17) is 16.3 Å². The van der Waals surface area contributed by atoms with Gasteiger partial charge in [-0.25, -0.2) is 4.68 Å². The second-order valence-electron chi connectivity index (χ2n) is 3.98. The smallest absolute Gasteiger partial charge is 0.127 e. The van der Waals surface area contributed by atoms with Crippen molar-refractivity contribution in [3.05, 3.63) is 52.3 Å². The van der Waals surface area contributed by atoms with E-state index in [-0.39, 0.29) is 0 Å². The Labute approximate surface area is 106 Å². The lowest BCUT2D eigenvalue weighted by atomic mass is 10.1. The Morgan fingerprint density at radius 1 is 1.35 bits per heavy atom. The maximum absolute atomic E-state index is 6.13. The molecule has 0 aliphatic heterocycles. The number of ether oxygens (including phenoxy) is 1. The van der Waals surface area contributed by atoms with Crippen LogP contribution in [-0.4, -0.2) is 16.9 Å². The van der Waals surface area contributed by atoms with E-state index in [9.17, 15) is 0 Å². The molecule has 0 saturated carbocycles. The van der Waals surface area contributed by atoms with Crippen molar-refractivity contribution in [3.63, 3.8) is 0 Å². The molecule has 0 aliphatic carbocycles. The minimum absolute atomic E-state index is 0.487. The van der Waals surface area contributed by atoms with Gasteiger partial charge >= 0.3 is 0 Å². The van der Waals surface area contributed by atoms with Gasteiger partial charge in [0.15, 0.2) is 0 Å². The first-order chi connectivity index (χ1) is 8.20. The molecule has 0 fully saturated rings. The van der Waals surface area contributed by atoms with Crippen molar-refractivity contribution in [1.29, 1.82) is 0 Å². The monoisotopic (exact) mass is 250 g/mol. The Hall–Kier alpha value is -1.32. The van der Waals surface area contributed by atoms with E-state index in [1.807, 2.05) is 18.2 Å². The molecule has 17 heavy (non-hydrogen) atoms. The van der Waals surface area contributed by atoms with E-state index in [2.05, 4.69) is 24.2 Å². The third-order valence-corrected chi connectivity index (χ3v) is 2.96. The van der Waals surface area contributed by atoms with Crippen molar-refractivity contribution in [2.75, 3.05) is 7.11 Å². The summed E-state index contributed by atoms with van der Waals surface area (Å²) in [4.78, 5) is 0. The van der Waals surface area contributed by atoms with Gasteiger partial charge in [-0.05, 0) is 18.1 Å². The first kappa shape index (κ1) is 12.1. The number of halogens is 1. The summed E-state index contributed by atoms with van der Waals surface area (Å²) in [5.41, 5.74) is 3.32. The third kappa shape index (κ3) is 2.87. The Bertz CT molecular complexity index is 508. The van der Waals surface area contributed by atoms with Crippen LogP contribution in [0.3, 0.4) is 0 Å². The first-order valence-corrected chi connectivity index (χ1v) is 5.84. The van der Waals surface area contributed by atoms with Crippen molar-refractivity contribution in [2.24, 2.45) is 0 Å². The van der Waals surface area contributed by atoms with Crippen molar-refractivity contribution in [1.82, 2.24) is 9.78 Å². The van der Waals surface area contributed by atoms with Crippen LogP contribution in [0.2, 0.25) is 5.15 Å². The predicted molar refractivity (Wildman–Crippen MR) is 68.2 cm³/mol. The summed E-state index contributed by atoms with van der Waals surface area (Å²) in [7, 11) is 1.65. The number of benzene rings is 1. The highest BCUT2D eigenvalue weighted by Gasteiger charge is 2.07. The van der Waals surface area contributed by atoms with Crippen molar-refractivity contribution >= 4 is 11.6 Å². The van der Waals surface area contributed by atoms with E-state index in [0.29, 0.717) is 18.3 Å². The zero-order chi connectivity index (χ0) is 12.3. The van der Waals surface area contributed by atoms with Crippen LogP contribution in [0.25, 0.3) is 0 Å². The standard InChI is InChI=1S/C13H15ClN2O/c1-10-5-3-4-6-11(10)8-16-13(14)7-12(15-16)9-17-2/h3-7H,8-9H2,1-2H3. The van der Waals surface area contributed by atoms with Crippen LogP contribution < -0.4 is 0 Å². The predicted octanol–water partition coefficient (Wildman–Crippen LogP) is 3.04. The van der Waals surface area contributed by atoms with Gasteiger partial charge in [-0.15, -0.1) is 0 Å². The highest BCUT2D eigenvalue weighted by Crippen LogP contribution is 2.15. The lowest BCUT2D eigenvalue weighted by Gasteiger charge is -2.06. The van der Waals surface area contributed by atoms with Gasteiger partial charge in [0.1, 0.15) is 5.15 Å². The molecule has 0 aliphatic rings. The van der Waals surface area contributed by atoms with Gasteiger partial charge in [0.2, 0.25) is 0 Å². The van der Waals surface area contributed by atoms with E-state index >= 15 is 0 Å². The topological polar surface area (TPSA) is 27.1 Å². The molecule has 90 valence electrons. The number of aromatic nitrogens is 2. The summed E-state index contributed by atoms with van der Waals surface area (Å²) in [6.45, 7) is 3.26. The summed E-state index contributed by atoms with van der Waals surface area (Å²) in [5.74, 6) is 0. The highest BCUT2D eigenvalue weighted by atomic mass is 35.5. The molecule has 2 rings (SSSR count). The maximum Gasteiger partial charge on any atom is 0.127 e. The van der Waals surface area contributed by atoms with Crippen LogP contribution in [0.15, 0.2) is 30.3 Å². The Morgan fingerprint density at radius 2 is 2.12 bits per heavy atom. The average molecular weight is 251 g/mol. The van der Waals surface area contributed by atoms with E-state index in [1.54, 1.807) is 11.8 Å². The summed E-state index contributed by atoms with van der Waals surface area (Å²) in [6.07, 6.45) is 0. The molecule has 0 amide bonds. The molecule has 4 heteroatoms. The minimum Gasteiger partial charge on any atom is -0.378 e. The minimum atomic E-state index is 0.487. The van der Waals surface area contributed by atoms with Crippen LogP contribution in [0.4, 0.5) is 0 Å². The second kappa shape index (κ2) is 5.34. The highest BCUT2D eigenvalue weighted by molar-refractivity contribution is 6.29. The molecule has 0 bridgehead atoms. The molecule has 1 aromatic heterocycles. The van der Waals surface area contributed by atoms with E-state index in [1.165, 1.54) is 11.1 Å². The Morgan fingerprint density at radius 3 is 2.82 bits per heavy atom. The fourth-order valence-corrected chi connectivity index (χ4v) is 1.95. The number of hydrogen-bond acceptors (Lipinski definition) is 2. The average Bonchev–Trinajstić information content (AvgIpc) is 2.63. The molecular weight excluding hydrogens is 236 g/mol. The molecule has 3 nitrogen and oxygen atoms in total. The van der Waals surface area contributed by atoms with Crippen LogP contribution in [-0.2, 0) is 17.9 Å². The van der Waals surface area contributed by atoms with E-state index < -0.39 is 0 Å². The number of aryl methyl sites for hydroxylation is 1. The van der Waals surface area contributed by atoms with Gasteiger partial charge in [0.25, 0.3) is 0 Å². The zero-order valence-corrected chi connectivity index (χ0v) is 10.7. The lowest BCUT2D eigenvalue weighted by molar-refractivity contribution is 0.181. The molecule has 0 spiro atoms. The number of hydrogen-bond donors (Lipinski definition) is 0. The molecule has 0 unspecified atom stereocenters. The van der Waals surface area contributed by atoms with Gasteiger partial charge in [-0.3, -0.25) is 0 Å². The van der Waals surface area contributed by atoms with Crippen molar-refractivity contribution in [2.45, 2.75) is 20.1 Å². The SMILES string of the molecule is COCc1cc(Cl)n(Cc2ccccc2C)n1. The van der Waals surface area contributed by atoms with Crippen molar-refractivity contribution < 1.29 is 4.74 Å². The van der Waals surface area contributed by atoms with Gasteiger partial charge < -0.3 is 4.74 Å². The fraction of sp³-hybridized carbons (Fsp3) is 0.308. The Kier molecular flexibility index (Phi) is 3.82. The molecule has 2 aromatic rings. The van der Waals surface area contributed by atoms with Crippen LogP contribution in [0, 0.1) is 6.92 Å². The number of rotatable bonds is 4. The fourth-order valence-electron chi connectivity index (χ4n) is 1.72. The van der Waals surface area contributed by atoms with Gasteiger partial charge in [-0.1, -0.05) is 35.9 Å². The van der Waals surface area contributed by atoms with Gasteiger partial charge in [0, 0.05) is 13.2 Å². The largest absolute Gasteiger partial charge is 0.378 e. The summed E-state index contributed by atoms with van der Waals surface area (Å²) < 4.78 is 6.83. The van der Waals surface area contributed by atoms with Crippen LogP contribution in [0.5, 0.6) is 0 Å².